The van der Waals surface area contributed by atoms with E-state index in [1.165, 1.54) is 6.08 Å². The number of nitrogens with one attached hydrogen (secondary N) is 2. The van der Waals surface area contributed by atoms with Gasteiger partial charge in [-0.05, 0) is 25.8 Å². The number of carboxylic acids is 1. The Kier molecular flexibility index (Phi) is 5.34. The van der Waals surface area contributed by atoms with Gasteiger partial charge < -0.3 is 15.7 Å². The lowest BCUT2D eigenvalue weighted by atomic mass is 10.1. The molecule has 108 valence electrons. The highest BCUT2D eigenvalue weighted by Crippen LogP contribution is 2.07. The first-order valence-corrected chi connectivity index (χ1v) is 7.70. The van der Waals surface area contributed by atoms with Crippen LogP contribution in [-0.4, -0.2) is 43.4 Å². The predicted octanol–water partition coefficient (Wildman–Crippen LogP) is 0.240. The number of carbonyl (C=O) groups excluding carboxylic acids is 1. The summed E-state index contributed by atoms with van der Waals surface area (Å²) in [4.78, 5) is 21.9. The molecule has 3 N–H and O–H groups in total. The molecule has 7 nitrogen and oxygen atoms in total. The van der Waals surface area contributed by atoms with Crippen LogP contribution in [0.15, 0.2) is 11.5 Å². The number of carboxylic acid groups (broad SMARTS) is 1. The molecule has 0 saturated carbocycles. The molecule has 0 spiro atoms. The molecule has 1 rings (SSSR count). The van der Waals surface area contributed by atoms with Crippen molar-refractivity contribution in [2.45, 2.75) is 38.3 Å². The number of sulfone groups is 1. The monoisotopic (exact) mass is 290 g/mol. The van der Waals surface area contributed by atoms with Gasteiger partial charge in [0.05, 0.1) is 11.8 Å². The summed E-state index contributed by atoms with van der Waals surface area (Å²) in [7, 11) is -3.18. The molecule has 0 aromatic rings. The van der Waals surface area contributed by atoms with E-state index in [0.717, 1.165) is 5.41 Å². The van der Waals surface area contributed by atoms with Crippen molar-refractivity contribution < 1.29 is 23.1 Å². The smallest absolute Gasteiger partial charge is 0.315 e. The van der Waals surface area contributed by atoms with Gasteiger partial charge >= 0.3 is 12.0 Å². The van der Waals surface area contributed by atoms with E-state index in [1.807, 2.05) is 0 Å². The second-order valence-electron chi connectivity index (χ2n) is 4.57. The van der Waals surface area contributed by atoms with Crippen molar-refractivity contribution in [3.63, 3.8) is 0 Å². The van der Waals surface area contributed by atoms with E-state index in [2.05, 4.69) is 10.6 Å². The van der Waals surface area contributed by atoms with Crippen LogP contribution in [0, 0.1) is 0 Å². The first-order chi connectivity index (χ1) is 8.78. The van der Waals surface area contributed by atoms with Crippen molar-refractivity contribution in [2.75, 3.05) is 5.75 Å². The molecule has 0 aromatic carbocycles. The van der Waals surface area contributed by atoms with Crippen molar-refractivity contribution in [2.24, 2.45) is 0 Å². The van der Waals surface area contributed by atoms with E-state index < -0.39 is 27.9 Å². The second-order valence-corrected chi connectivity index (χ2v) is 6.50. The van der Waals surface area contributed by atoms with Crippen molar-refractivity contribution in [3.8, 4) is 0 Å². The Balaban J connectivity index is 2.24. The van der Waals surface area contributed by atoms with E-state index in [9.17, 15) is 18.0 Å². The summed E-state index contributed by atoms with van der Waals surface area (Å²) >= 11 is 0. The van der Waals surface area contributed by atoms with Crippen LogP contribution in [0.3, 0.4) is 0 Å². The van der Waals surface area contributed by atoms with Gasteiger partial charge in [0.25, 0.3) is 0 Å². The molecule has 8 heteroatoms. The molecule has 2 amide bonds. The highest BCUT2D eigenvalue weighted by Gasteiger charge is 2.23. The Hall–Kier alpha value is -1.57. The molecule has 0 aliphatic carbocycles. The van der Waals surface area contributed by atoms with Crippen molar-refractivity contribution in [1.82, 2.24) is 10.6 Å². The number of carbonyl (C=O) groups is 2. The summed E-state index contributed by atoms with van der Waals surface area (Å²) in [6.07, 6.45) is 2.54. The third-order valence-corrected chi connectivity index (χ3v) is 4.05. The zero-order valence-electron chi connectivity index (χ0n) is 10.6. The summed E-state index contributed by atoms with van der Waals surface area (Å²) < 4.78 is 22.3. The van der Waals surface area contributed by atoms with Gasteiger partial charge in [-0.15, -0.1) is 0 Å². The molecule has 0 bridgehead atoms. The molecular weight excluding hydrogens is 272 g/mol. The van der Waals surface area contributed by atoms with Crippen molar-refractivity contribution in [3.05, 3.63) is 11.5 Å². The van der Waals surface area contributed by atoms with Crippen LogP contribution in [-0.2, 0) is 14.6 Å². The Morgan fingerprint density at radius 3 is 2.68 bits per heavy atom. The minimum Gasteiger partial charge on any atom is -0.481 e. The van der Waals surface area contributed by atoms with E-state index in [1.54, 1.807) is 6.92 Å². The number of rotatable bonds is 6. The lowest BCUT2D eigenvalue weighted by Gasteiger charge is -2.16. The van der Waals surface area contributed by atoms with Gasteiger partial charge in [0.2, 0.25) is 0 Å². The SMILES string of the molecule is CC(CCCC(=O)O)NC(=O)NC1C=CS(=O)(=O)C1. The Morgan fingerprint density at radius 2 is 2.16 bits per heavy atom. The highest BCUT2D eigenvalue weighted by atomic mass is 32.2. The molecule has 0 radical (unpaired) electrons. The fourth-order valence-corrected chi connectivity index (χ4v) is 2.97. The molecular formula is C11H18N2O5S. The average molecular weight is 290 g/mol. The van der Waals surface area contributed by atoms with Gasteiger partial charge in [0.1, 0.15) is 0 Å². The number of urea groups is 1. The summed E-state index contributed by atoms with van der Waals surface area (Å²) in [5.74, 6) is -0.980. The van der Waals surface area contributed by atoms with Crippen LogP contribution in [0.2, 0.25) is 0 Å². The predicted molar refractivity (Wildman–Crippen MR) is 69.3 cm³/mol. The van der Waals surface area contributed by atoms with Crippen LogP contribution in [0.4, 0.5) is 4.79 Å². The molecule has 1 heterocycles. The van der Waals surface area contributed by atoms with E-state index >= 15 is 0 Å². The molecule has 1 aliphatic rings. The maximum absolute atomic E-state index is 11.6. The third-order valence-electron chi connectivity index (χ3n) is 2.65. The van der Waals surface area contributed by atoms with Crippen LogP contribution in [0.1, 0.15) is 26.2 Å². The van der Waals surface area contributed by atoms with Crippen LogP contribution in [0.5, 0.6) is 0 Å². The van der Waals surface area contributed by atoms with Crippen LogP contribution < -0.4 is 10.6 Å². The molecule has 19 heavy (non-hydrogen) atoms. The molecule has 0 aromatic heterocycles. The summed E-state index contributed by atoms with van der Waals surface area (Å²) in [5, 5.41) is 14.7. The minimum atomic E-state index is -3.18. The van der Waals surface area contributed by atoms with Crippen molar-refractivity contribution >= 4 is 21.8 Å². The highest BCUT2D eigenvalue weighted by molar-refractivity contribution is 7.94. The van der Waals surface area contributed by atoms with Gasteiger partial charge in [0.15, 0.2) is 9.84 Å². The van der Waals surface area contributed by atoms with Gasteiger partial charge in [0, 0.05) is 17.9 Å². The number of hydrogen-bond donors (Lipinski definition) is 3. The van der Waals surface area contributed by atoms with Gasteiger partial charge in [-0.3, -0.25) is 4.79 Å². The van der Waals surface area contributed by atoms with E-state index in [0.29, 0.717) is 12.8 Å². The number of hydrogen-bond acceptors (Lipinski definition) is 4. The maximum Gasteiger partial charge on any atom is 0.315 e. The van der Waals surface area contributed by atoms with E-state index in [4.69, 9.17) is 5.11 Å². The fraction of sp³-hybridized carbons (Fsp3) is 0.636. The first kappa shape index (κ1) is 15.5. The van der Waals surface area contributed by atoms with Crippen LogP contribution >= 0.6 is 0 Å². The molecule has 2 atom stereocenters. The van der Waals surface area contributed by atoms with Crippen molar-refractivity contribution in [1.29, 1.82) is 0 Å². The molecule has 1 aliphatic heterocycles. The summed E-state index contributed by atoms with van der Waals surface area (Å²) in [6, 6.07) is -1.12. The standard InChI is InChI=1S/C11H18N2O5S/c1-8(3-2-4-10(14)15)12-11(16)13-9-5-6-19(17,18)7-9/h5-6,8-9H,2-4,7H2,1H3,(H,14,15)(H2,12,13,16). The quantitative estimate of drug-likeness (QED) is 0.648. The van der Waals surface area contributed by atoms with Gasteiger partial charge in [-0.2, -0.15) is 0 Å². The largest absolute Gasteiger partial charge is 0.481 e. The lowest BCUT2D eigenvalue weighted by Crippen LogP contribution is -2.45. The molecule has 0 saturated heterocycles. The zero-order valence-corrected chi connectivity index (χ0v) is 11.4. The topological polar surface area (TPSA) is 113 Å². The molecule has 2 unspecified atom stereocenters. The van der Waals surface area contributed by atoms with Crippen LogP contribution in [0.25, 0.3) is 0 Å². The Morgan fingerprint density at radius 1 is 1.47 bits per heavy atom. The van der Waals surface area contributed by atoms with Gasteiger partial charge in [-0.25, -0.2) is 13.2 Å². The maximum atomic E-state index is 11.6. The fourth-order valence-electron chi connectivity index (χ4n) is 1.73. The average Bonchev–Trinajstić information content (AvgIpc) is 2.56. The second kappa shape index (κ2) is 6.55. The minimum absolute atomic E-state index is 0.0667. The normalized spacial score (nSPS) is 21.8. The molecule has 0 fully saturated rings. The van der Waals surface area contributed by atoms with Gasteiger partial charge in [-0.1, -0.05) is 0 Å². The Bertz CT molecular complexity index is 471. The lowest BCUT2D eigenvalue weighted by molar-refractivity contribution is -0.137. The first-order valence-electron chi connectivity index (χ1n) is 5.98. The number of aliphatic carboxylic acids is 1. The Labute approximate surface area is 112 Å². The summed E-state index contributed by atoms with van der Waals surface area (Å²) in [5.41, 5.74) is 0. The third kappa shape index (κ3) is 6.23. The summed E-state index contributed by atoms with van der Waals surface area (Å²) in [6.45, 7) is 1.77. The van der Waals surface area contributed by atoms with E-state index in [-0.39, 0.29) is 18.2 Å². The number of amides is 2. The zero-order chi connectivity index (χ0) is 14.5.